The normalized spacial score (nSPS) is 20.5. The first-order valence-corrected chi connectivity index (χ1v) is 3.85. The minimum absolute atomic E-state index is 0.0707. The first kappa shape index (κ1) is 8.27. The van der Waals surface area contributed by atoms with Gasteiger partial charge in [0.1, 0.15) is 0 Å². The van der Waals surface area contributed by atoms with Crippen molar-refractivity contribution >= 4 is 5.97 Å². The Bertz CT molecular complexity index is 173. The van der Waals surface area contributed by atoms with Crippen molar-refractivity contribution < 1.29 is 9.90 Å². The molecule has 0 amide bonds. The van der Waals surface area contributed by atoms with Gasteiger partial charge in [-0.25, -0.2) is 4.79 Å². The fourth-order valence-corrected chi connectivity index (χ4v) is 1.02. The van der Waals surface area contributed by atoms with Crippen molar-refractivity contribution in [2.24, 2.45) is 11.7 Å². The lowest BCUT2D eigenvalue weighted by molar-refractivity contribution is -0.131. The van der Waals surface area contributed by atoms with Gasteiger partial charge in [-0.2, -0.15) is 0 Å². The molecule has 1 atom stereocenters. The van der Waals surface area contributed by atoms with E-state index in [4.69, 9.17) is 10.8 Å². The molecule has 62 valence electrons. The third-order valence-corrected chi connectivity index (χ3v) is 1.79. The SMILES string of the molecule is NC(C=CC(=O)O)CC1CC1. The Morgan fingerprint density at radius 2 is 2.36 bits per heavy atom. The molecule has 0 heterocycles. The van der Waals surface area contributed by atoms with Gasteiger partial charge >= 0.3 is 5.97 Å². The standard InChI is InChI=1S/C8H13NO2/c9-7(3-4-8(10)11)5-6-1-2-6/h3-4,6-7H,1-2,5,9H2,(H,10,11). The molecule has 0 aromatic heterocycles. The summed E-state index contributed by atoms with van der Waals surface area (Å²) in [6, 6.07) is -0.0707. The van der Waals surface area contributed by atoms with E-state index in [0.717, 1.165) is 18.4 Å². The molecule has 1 unspecified atom stereocenters. The number of nitrogens with two attached hydrogens (primary N) is 1. The molecule has 1 fully saturated rings. The topological polar surface area (TPSA) is 63.3 Å². The zero-order chi connectivity index (χ0) is 8.27. The molecule has 3 N–H and O–H groups in total. The Labute approximate surface area is 65.9 Å². The lowest BCUT2D eigenvalue weighted by Gasteiger charge is -2.02. The van der Waals surface area contributed by atoms with E-state index >= 15 is 0 Å². The molecular formula is C8H13NO2. The van der Waals surface area contributed by atoms with Crippen molar-refractivity contribution in [1.29, 1.82) is 0 Å². The summed E-state index contributed by atoms with van der Waals surface area (Å²) in [5, 5.41) is 8.27. The second-order valence-corrected chi connectivity index (χ2v) is 3.04. The summed E-state index contributed by atoms with van der Waals surface area (Å²) in [6.07, 6.45) is 6.13. The van der Waals surface area contributed by atoms with Crippen molar-refractivity contribution in [2.75, 3.05) is 0 Å². The van der Waals surface area contributed by atoms with E-state index < -0.39 is 5.97 Å². The second kappa shape index (κ2) is 3.53. The van der Waals surface area contributed by atoms with Crippen molar-refractivity contribution in [3.63, 3.8) is 0 Å². The van der Waals surface area contributed by atoms with Crippen molar-refractivity contribution in [2.45, 2.75) is 25.3 Å². The van der Waals surface area contributed by atoms with Crippen LogP contribution in [-0.2, 0) is 4.79 Å². The van der Waals surface area contributed by atoms with E-state index in [2.05, 4.69) is 0 Å². The predicted molar refractivity (Wildman–Crippen MR) is 42.1 cm³/mol. The van der Waals surface area contributed by atoms with Crippen LogP contribution in [0.25, 0.3) is 0 Å². The van der Waals surface area contributed by atoms with Gasteiger partial charge < -0.3 is 10.8 Å². The number of carbonyl (C=O) groups is 1. The molecule has 1 aliphatic carbocycles. The summed E-state index contributed by atoms with van der Waals surface area (Å²) >= 11 is 0. The van der Waals surface area contributed by atoms with Crippen molar-refractivity contribution in [3.8, 4) is 0 Å². The summed E-state index contributed by atoms with van der Waals surface area (Å²) in [5.74, 6) is -0.167. The van der Waals surface area contributed by atoms with Crippen LogP contribution in [0.1, 0.15) is 19.3 Å². The molecule has 1 aliphatic rings. The summed E-state index contributed by atoms with van der Waals surface area (Å²) in [4.78, 5) is 10.1. The van der Waals surface area contributed by atoms with E-state index in [-0.39, 0.29) is 6.04 Å². The van der Waals surface area contributed by atoms with Crippen LogP contribution < -0.4 is 5.73 Å². The molecule has 1 rings (SSSR count). The number of hydrogen-bond donors (Lipinski definition) is 2. The average molecular weight is 155 g/mol. The number of hydrogen-bond acceptors (Lipinski definition) is 2. The molecule has 3 nitrogen and oxygen atoms in total. The van der Waals surface area contributed by atoms with E-state index in [1.807, 2.05) is 0 Å². The minimum atomic E-state index is -0.920. The monoisotopic (exact) mass is 155 g/mol. The van der Waals surface area contributed by atoms with Crippen LogP contribution in [0, 0.1) is 5.92 Å². The first-order valence-electron chi connectivity index (χ1n) is 3.85. The van der Waals surface area contributed by atoms with Crippen LogP contribution in [0.3, 0.4) is 0 Å². The van der Waals surface area contributed by atoms with Crippen LogP contribution in [0.15, 0.2) is 12.2 Å². The summed E-state index contributed by atoms with van der Waals surface area (Å²) in [5.41, 5.74) is 5.61. The first-order chi connectivity index (χ1) is 5.18. The van der Waals surface area contributed by atoms with Crippen molar-refractivity contribution in [1.82, 2.24) is 0 Å². The molecule has 11 heavy (non-hydrogen) atoms. The van der Waals surface area contributed by atoms with Gasteiger partial charge in [0.15, 0.2) is 0 Å². The van der Waals surface area contributed by atoms with Crippen LogP contribution in [0.2, 0.25) is 0 Å². The molecular weight excluding hydrogens is 142 g/mol. The fraction of sp³-hybridized carbons (Fsp3) is 0.625. The second-order valence-electron chi connectivity index (χ2n) is 3.04. The highest BCUT2D eigenvalue weighted by Crippen LogP contribution is 2.33. The van der Waals surface area contributed by atoms with Gasteiger partial charge in [0.2, 0.25) is 0 Å². The number of carboxylic acids is 1. The highest BCUT2D eigenvalue weighted by molar-refractivity contribution is 5.79. The molecule has 0 bridgehead atoms. The van der Waals surface area contributed by atoms with Gasteiger partial charge in [0.05, 0.1) is 0 Å². The Kier molecular flexibility index (Phi) is 2.65. The zero-order valence-corrected chi connectivity index (χ0v) is 6.36. The fourth-order valence-electron chi connectivity index (χ4n) is 1.02. The van der Waals surface area contributed by atoms with E-state index in [1.54, 1.807) is 6.08 Å². The van der Waals surface area contributed by atoms with Crippen LogP contribution in [-0.4, -0.2) is 17.1 Å². The molecule has 1 saturated carbocycles. The Morgan fingerprint density at radius 3 is 2.82 bits per heavy atom. The summed E-state index contributed by atoms with van der Waals surface area (Å²) in [7, 11) is 0. The van der Waals surface area contributed by atoms with Gasteiger partial charge in [-0.3, -0.25) is 0 Å². The predicted octanol–water partition coefficient (Wildman–Crippen LogP) is 0.755. The third kappa shape index (κ3) is 3.78. The molecule has 3 heteroatoms. The van der Waals surface area contributed by atoms with E-state index in [0.29, 0.717) is 0 Å². The quantitative estimate of drug-likeness (QED) is 0.589. The van der Waals surface area contributed by atoms with Gasteiger partial charge in [-0.1, -0.05) is 18.9 Å². The zero-order valence-electron chi connectivity index (χ0n) is 6.36. The molecule has 0 saturated heterocycles. The smallest absolute Gasteiger partial charge is 0.328 e. The van der Waals surface area contributed by atoms with Gasteiger partial charge in [-0.15, -0.1) is 0 Å². The van der Waals surface area contributed by atoms with E-state index in [9.17, 15) is 4.79 Å². The summed E-state index contributed by atoms with van der Waals surface area (Å²) in [6.45, 7) is 0. The largest absolute Gasteiger partial charge is 0.478 e. The van der Waals surface area contributed by atoms with Crippen molar-refractivity contribution in [3.05, 3.63) is 12.2 Å². The number of carboxylic acid groups (broad SMARTS) is 1. The van der Waals surface area contributed by atoms with E-state index in [1.165, 1.54) is 12.8 Å². The molecule has 0 aromatic rings. The highest BCUT2D eigenvalue weighted by atomic mass is 16.4. The van der Waals surface area contributed by atoms with Gasteiger partial charge in [0, 0.05) is 12.1 Å². The van der Waals surface area contributed by atoms with Crippen LogP contribution in [0.4, 0.5) is 0 Å². The maximum atomic E-state index is 10.1. The Morgan fingerprint density at radius 1 is 1.73 bits per heavy atom. The maximum Gasteiger partial charge on any atom is 0.328 e. The maximum absolute atomic E-state index is 10.1. The summed E-state index contributed by atoms with van der Waals surface area (Å²) < 4.78 is 0. The van der Waals surface area contributed by atoms with Gasteiger partial charge in [0.25, 0.3) is 0 Å². The van der Waals surface area contributed by atoms with Crippen LogP contribution in [0.5, 0.6) is 0 Å². The number of aliphatic carboxylic acids is 1. The average Bonchev–Trinajstić information content (AvgIpc) is 2.67. The lowest BCUT2D eigenvalue weighted by Crippen LogP contribution is -2.17. The number of rotatable bonds is 4. The minimum Gasteiger partial charge on any atom is -0.478 e. The molecule has 0 aliphatic heterocycles. The van der Waals surface area contributed by atoms with Crippen LogP contribution >= 0.6 is 0 Å². The third-order valence-electron chi connectivity index (χ3n) is 1.79. The Balaban J connectivity index is 2.17. The highest BCUT2D eigenvalue weighted by Gasteiger charge is 2.22. The van der Waals surface area contributed by atoms with Gasteiger partial charge in [-0.05, 0) is 12.3 Å². The molecule has 0 aromatic carbocycles. The Hall–Kier alpha value is -0.830. The molecule has 0 spiro atoms. The molecule has 0 radical (unpaired) electrons. The lowest BCUT2D eigenvalue weighted by atomic mass is 10.1.